The molecule has 1 amide bonds. The van der Waals surface area contributed by atoms with Crippen molar-refractivity contribution in [2.45, 2.75) is 25.9 Å². The van der Waals surface area contributed by atoms with Gasteiger partial charge in [-0.2, -0.15) is 0 Å². The molecule has 0 radical (unpaired) electrons. The van der Waals surface area contributed by atoms with Crippen molar-refractivity contribution in [3.8, 4) is 0 Å². The molecule has 10 heteroatoms. The molecule has 144 valence electrons. The Hall–Kier alpha value is -2.39. The smallest absolute Gasteiger partial charge is 0.307 e. The van der Waals surface area contributed by atoms with Crippen LogP contribution in [-0.2, 0) is 14.3 Å². The maximum absolute atomic E-state index is 13.5. The van der Waals surface area contributed by atoms with Gasteiger partial charge in [-0.05, 0) is 31.2 Å². The maximum atomic E-state index is 13.5. The lowest BCUT2D eigenvalue weighted by Gasteiger charge is -2.14. The van der Waals surface area contributed by atoms with Gasteiger partial charge in [-0.1, -0.05) is 11.6 Å². The van der Waals surface area contributed by atoms with Crippen LogP contribution in [0.3, 0.4) is 0 Å². The number of hydrogen-bond acceptors (Lipinski definition) is 5. The number of esters is 1. The normalized spacial score (nSPS) is 11.7. The van der Waals surface area contributed by atoms with E-state index in [2.05, 4.69) is 0 Å². The van der Waals surface area contributed by atoms with Crippen molar-refractivity contribution in [1.82, 2.24) is 0 Å². The summed E-state index contributed by atoms with van der Waals surface area (Å²) in [7, 11) is 0. The first-order valence-electron chi connectivity index (χ1n) is 7.61. The van der Waals surface area contributed by atoms with Crippen LogP contribution < -0.4 is 5.32 Å². The third-order valence-electron chi connectivity index (χ3n) is 3.37. The van der Waals surface area contributed by atoms with Crippen LogP contribution in [0.25, 0.3) is 0 Å². The number of benzene rings is 1. The molecule has 5 nitrogen and oxygen atoms in total. The van der Waals surface area contributed by atoms with Gasteiger partial charge in [0.2, 0.25) is 0 Å². The number of amides is 1. The van der Waals surface area contributed by atoms with Gasteiger partial charge in [-0.25, -0.2) is 13.2 Å². The summed E-state index contributed by atoms with van der Waals surface area (Å²) in [6, 6.07) is 4.58. The zero-order valence-corrected chi connectivity index (χ0v) is 15.4. The average molecular weight is 420 g/mol. The first-order chi connectivity index (χ1) is 12.7. The zero-order valence-electron chi connectivity index (χ0n) is 13.9. The molecule has 0 saturated heterocycles. The third-order valence-corrected chi connectivity index (χ3v) is 4.65. The van der Waals surface area contributed by atoms with Gasteiger partial charge in [0.15, 0.2) is 29.3 Å². The molecule has 1 atom stereocenters. The molecule has 2 aromatic rings. The molecule has 1 heterocycles. The van der Waals surface area contributed by atoms with Crippen LogP contribution in [0.1, 0.15) is 29.4 Å². The molecule has 1 aromatic heterocycles. The lowest BCUT2D eigenvalue weighted by molar-refractivity contribution is -0.153. The maximum Gasteiger partial charge on any atom is 0.307 e. The fraction of sp³-hybridized carbons (Fsp3) is 0.235. The van der Waals surface area contributed by atoms with E-state index in [-0.39, 0.29) is 18.6 Å². The minimum absolute atomic E-state index is 0.137. The molecule has 1 unspecified atom stereocenters. The fourth-order valence-electron chi connectivity index (χ4n) is 1.97. The minimum Gasteiger partial charge on any atom is -0.453 e. The number of nitrogens with one attached hydrogen (secondary N) is 1. The third kappa shape index (κ3) is 5.54. The molecule has 0 aliphatic rings. The SMILES string of the molecule is CC(OC(=O)CCC(=O)c1ccc(Cl)s1)C(=O)Nc1ccc(F)c(F)c1F. The molecule has 0 fully saturated rings. The number of ether oxygens (including phenoxy) is 1. The number of anilines is 1. The van der Waals surface area contributed by atoms with Gasteiger partial charge in [-0.15, -0.1) is 11.3 Å². The van der Waals surface area contributed by atoms with Crippen molar-refractivity contribution in [2.24, 2.45) is 0 Å². The summed E-state index contributed by atoms with van der Waals surface area (Å²) in [5.41, 5.74) is -0.591. The van der Waals surface area contributed by atoms with Gasteiger partial charge < -0.3 is 10.1 Å². The van der Waals surface area contributed by atoms with Gasteiger partial charge >= 0.3 is 5.97 Å². The summed E-state index contributed by atoms with van der Waals surface area (Å²) >= 11 is 6.80. The molecule has 0 bridgehead atoms. The number of Topliss-reactive ketones (excluding diaryl/α,β-unsaturated/α-hetero) is 1. The molecule has 0 saturated carbocycles. The van der Waals surface area contributed by atoms with E-state index in [0.29, 0.717) is 15.3 Å². The van der Waals surface area contributed by atoms with Crippen LogP contribution in [0.2, 0.25) is 4.34 Å². The second-order valence-corrected chi connectivity index (χ2v) is 7.09. The van der Waals surface area contributed by atoms with E-state index in [1.165, 1.54) is 13.0 Å². The van der Waals surface area contributed by atoms with Crippen molar-refractivity contribution in [3.05, 3.63) is 50.9 Å². The van der Waals surface area contributed by atoms with Crippen molar-refractivity contribution >= 4 is 46.3 Å². The number of thiophene rings is 1. The minimum atomic E-state index is -1.73. The summed E-state index contributed by atoms with van der Waals surface area (Å²) in [5, 5.41) is 2.00. The van der Waals surface area contributed by atoms with Gasteiger partial charge in [0.1, 0.15) is 0 Å². The molecule has 1 N–H and O–H groups in total. The standard InChI is InChI=1S/C17H13ClF3NO4S/c1-8(17(25)22-10-3-2-9(19)15(20)16(10)21)26-14(24)7-4-11(23)12-5-6-13(18)27-12/h2-3,5-6,8H,4,7H2,1H3,(H,22,25). The van der Waals surface area contributed by atoms with E-state index in [1.54, 1.807) is 6.07 Å². The first kappa shape index (κ1) is 20.9. The Morgan fingerprint density at radius 2 is 1.81 bits per heavy atom. The van der Waals surface area contributed by atoms with Crippen molar-refractivity contribution in [2.75, 3.05) is 5.32 Å². The molecule has 0 spiro atoms. The summed E-state index contributed by atoms with van der Waals surface area (Å²) in [6.45, 7) is 1.21. The number of rotatable bonds is 7. The largest absolute Gasteiger partial charge is 0.453 e. The van der Waals surface area contributed by atoms with Crippen LogP contribution in [0, 0.1) is 17.5 Å². The highest BCUT2D eigenvalue weighted by Crippen LogP contribution is 2.23. The van der Waals surface area contributed by atoms with E-state index < -0.39 is 41.1 Å². The van der Waals surface area contributed by atoms with Gasteiger partial charge in [-0.3, -0.25) is 14.4 Å². The lowest BCUT2D eigenvalue weighted by atomic mass is 10.2. The van der Waals surface area contributed by atoms with E-state index in [1.807, 2.05) is 5.32 Å². The quantitative estimate of drug-likeness (QED) is 0.411. The lowest BCUT2D eigenvalue weighted by Crippen LogP contribution is -2.30. The Bertz CT molecular complexity index is 887. The summed E-state index contributed by atoms with van der Waals surface area (Å²) in [4.78, 5) is 35.9. The second-order valence-electron chi connectivity index (χ2n) is 5.37. The van der Waals surface area contributed by atoms with E-state index >= 15 is 0 Å². The molecular weight excluding hydrogens is 407 g/mol. The summed E-state index contributed by atoms with van der Waals surface area (Å²) in [6.07, 6.45) is -1.75. The van der Waals surface area contributed by atoms with Crippen LogP contribution in [0.15, 0.2) is 24.3 Å². The Kier molecular flexibility index (Phi) is 6.98. The fourth-order valence-corrected chi connectivity index (χ4v) is 2.98. The average Bonchev–Trinajstić information content (AvgIpc) is 3.06. The van der Waals surface area contributed by atoms with Gasteiger partial charge in [0, 0.05) is 6.42 Å². The topological polar surface area (TPSA) is 72.5 Å². The Balaban J connectivity index is 1.85. The number of halogens is 4. The highest BCUT2D eigenvalue weighted by Gasteiger charge is 2.22. The first-order valence-corrected chi connectivity index (χ1v) is 8.81. The van der Waals surface area contributed by atoms with E-state index in [4.69, 9.17) is 16.3 Å². The second kappa shape index (κ2) is 9.01. The number of carbonyl (C=O) groups is 3. The predicted molar refractivity (Wildman–Crippen MR) is 93.4 cm³/mol. The predicted octanol–water partition coefficient (Wildman–Crippen LogP) is 4.35. The van der Waals surface area contributed by atoms with Crippen LogP contribution in [0.4, 0.5) is 18.9 Å². The zero-order chi connectivity index (χ0) is 20.1. The molecule has 0 aliphatic carbocycles. The molecule has 2 rings (SSSR count). The van der Waals surface area contributed by atoms with Crippen LogP contribution >= 0.6 is 22.9 Å². The van der Waals surface area contributed by atoms with Crippen LogP contribution in [-0.4, -0.2) is 23.8 Å². The summed E-state index contributed by atoms with van der Waals surface area (Å²) in [5.74, 6) is -6.76. The number of carbonyl (C=O) groups excluding carboxylic acids is 3. The Labute approximate surface area is 161 Å². The number of ketones is 1. The highest BCUT2D eigenvalue weighted by atomic mass is 35.5. The molecule has 27 heavy (non-hydrogen) atoms. The van der Waals surface area contributed by atoms with E-state index in [0.717, 1.165) is 17.4 Å². The van der Waals surface area contributed by atoms with Crippen molar-refractivity contribution in [1.29, 1.82) is 0 Å². The molecule has 0 aliphatic heterocycles. The van der Waals surface area contributed by atoms with Crippen molar-refractivity contribution < 1.29 is 32.3 Å². The molecule has 1 aromatic carbocycles. The summed E-state index contributed by atoms with van der Waals surface area (Å²) < 4.78 is 44.8. The van der Waals surface area contributed by atoms with E-state index in [9.17, 15) is 27.6 Å². The monoisotopic (exact) mass is 419 g/mol. The molecular formula is C17H13ClF3NO4S. The Morgan fingerprint density at radius 3 is 2.44 bits per heavy atom. The van der Waals surface area contributed by atoms with Crippen LogP contribution in [0.5, 0.6) is 0 Å². The Morgan fingerprint density at radius 1 is 1.11 bits per heavy atom. The van der Waals surface area contributed by atoms with Gasteiger partial charge in [0.05, 0.1) is 21.3 Å². The van der Waals surface area contributed by atoms with Crippen molar-refractivity contribution in [3.63, 3.8) is 0 Å². The number of hydrogen-bond donors (Lipinski definition) is 1. The van der Waals surface area contributed by atoms with Gasteiger partial charge in [0.25, 0.3) is 5.91 Å². The highest BCUT2D eigenvalue weighted by molar-refractivity contribution is 7.18.